The zero-order valence-electron chi connectivity index (χ0n) is 12.5. The number of ketones is 1. The summed E-state index contributed by atoms with van der Waals surface area (Å²) in [5.74, 6) is -4.97. The first-order valence-corrected chi connectivity index (χ1v) is 8.68. The van der Waals surface area contributed by atoms with Gasteiger partial charge < -0.3 is 10.2 Å². The molecule has 1 saturated carbocycles. The molecule has 0 heterocycles. The Kier molecular flexibility index (Phi) is 5.05. The Labute approximate surface area is 137 Å². The normalized spacial score (nSPS) is 24.3. The summed E-state index contributed by atoms with van der Waals surface area (Å²) in [5, 5.41) is 16.6. The van der Waals surface area contributed by atoms with E-state index in [-0.39, 0.29) is 30.4 Å². The van der Waals surface area contributed by atoms with E-state index in [0.717, 1.165) is 0 Å². The van der Waals surface area contributed by atoms with Crippen LogP contribution in [0.2, 0.25) is 0 Å². The van der Waals surface area contributed by atoms with E-state index in [0.29, 0.717) is 0 Å². The highest BCUT2D eigenvalue weighted by atomic mass is 32.2. The second kappa shape index (κ2) is 6.70. The van der Waals surface area contributed by atoms with Crippen molar-refractivity contribution in [1.29, 1.82) is 0 Å². The van der Waals surface area contributed by atoms with Gasteiger partial charge in [0, 0.05) is 11.5 Å². The molecular weight excluding hydrogens is 340 g/mol. The summed E-state index contributed by atoms with van der Waals surface area (Å²) in [4.78, 5) is 34.6. The highest BCUT2D eigenvalue weighted by Crippen LogP contribution is 2.35. The lowest BCUT2D eigenvalue weighted by Crippen LogP contribution is -2.41. The SMILES string of the molecule is O=C(O)c1ccc(C(=O)[C@H]2C[C@H](C(=O)O)CC[C@@H]2S(=O)(=O)O)cc1. The number of hydrogen-bond acceptors (Lipinski definition) is 5. The number of Topliss-reactive ketones (excluding diaryl/α,β-unsaturated/α-hetero) is 1. The molecule has 2 rings (SSSR count). The Morgan fingerprint density at radius 2 is 1.50 bits per heavy atom. The zero-order valence-corrected chi connectivity index (χ0v) is 13.3. The molecule has 0 radical (unpaired) electrons. The predicted molar refractivity (Wildman–Crippen MR) is 81.5 cm³/mol. The maximum absolute atomic E-state index is 12.6. The molecule has 1 aromatic carbocycles. The maximum Gasteiger partial charge on any atom is 0.335 e. The van der Waals surface area contributed by atoms with Gasteiger partial charge in [0.15, 0.2) is 5.78 Å². The molecule has 9 heteroatoms. The van der Waals surface area contributed by atoms with Crippen molar-refractivity contribution >= 4 is 27.8 Å². The molecule has 0 spiro atoms. The molecule has 1 aromatic rings. The smallest absolute Gasteiger partial charge is 0.335 e. The molecule has 0 aliphatic heterocycles. The van der Waals surface area contributed by atoms with E-state index in [1.165, 1.54) is 24.3 Å². The molecule has 8 nitrogen and oxygen atoms in total. The third kappa shape index (κ3) is 3.80. The van der Waals surface area contributed by atoms with Gasteiger partial charge in [-0.25, -0.2) is 4.79 Å². The van der Waals surface area contributed by atoms with E-state index >= 15 is 0 Å². The summed E-state index contributed by atoms with van der Waals surface area (Å²) < 4.78 is 32.4. The van der Waals surface area contributed by atoms with Crippen LogP contribution in [0.15, 0.2) is 24.3 Å². The minimum absolute atomic E-state index is 0.0371. The average molecular weight is 356 g/mol. The van der Waals surface area contributed by atoms with E-state index in [2.05, 4.69) is 0 Å². The molecule has 0 bridgehead atoms. The van der Waals surface area contributed by atoms with Crippen molar-refractivity contribution in [2.24, 2.45) is 11.8 Å². The second-order valence-corrected chi connectivity index (χ2v) is 7.39. The van der Waals surface area contributed by atoms with E-state index in [9.17, 15) is 27.4 Å². The van der Waals surface area contributed by atoms with Crippen LogP contribution in [-0.2, 0) is 14.9 Å². The lowest BCUT2D eigenvalue weighted by atomic mass is 9.77. The van der Waals surface area contributed by atoms with Crippen molar-refractivity contribution in [3.05, 3.63) is 35.4 Å². The quantitative estimate of drug-likeness (QED) is 0.529. The van der Waals surface area contributed by atoms with Crippen molar-refractivity contribution in [3.63, 3.8) is 0 Å². The van der Waals surface area contributed by atoms with Crippen molar-refractivity contribution < 1.29 is 37.6 Å². The monoisotopic (exact) mass is 356 g/mol. The van der Waals surface area contributed by atoms with Gasteiger partial charge in [-0.2, -0.15) is 8.42 Å². The summed E-state index contributed by atoms with van der Waals surface area (Å²) in [6.45, 7) is 0. The van der Waals surface area contributed by atoms with Crippen molar-refractivity contribution in [1.82, 2.24) is 0 Å². The van der Waals surface area contributed by atoms with E-state index in [4.69, 9.17) is 10.2 Å². The Balaban J connectivity index is 2.33. The standard InChI is InChI=1S/C15H16O8S/c16-13(8-1-3-9(4-2-8)14(17)18)11-7-10(15(19)20)5-6-12(11)24(21,22)23/h1-4,10-12H,5-7H2,(H,17,18)(H,19,20)(H,21,22,23)/t10-,11+,12+/m1/s1. The molecule has 3 N–H and O–H groups in total. The zero-order chi connectivity index (χ0) is 18.1. The van der Waals surface area contributed by atoms with Crippen molar-refractivity contribution in [2.45, 2.75) is 24.5 Å². The number of carboxylic acids is 2. The van der Waals surface area contributed by atoms with Crippen LogP contribution < -0.4 is 0 Å². The third-order valence-electron chi connectivity index (χ3n) is 4.27. The largest absolute Gasteiger partial charge is 0.481 e. The highest BCUT2D eigenvalue weighted by molar-refractivity contribution is 7.86. The Hall–Kier alpha value is -2.26. The number of aromatic carboxylic acids is 1. The number of benzene rings is 1. The van der Waals surface area contributed by atoms with Gasteiger partial charge >= 0.3 is 11.9 Å². The van der Waals surface area contributed by atoms with Crippen LogP contribution in [0, 0.1) is 11.8 Å². The highest BCUT2D eigenvalue weighted by Gasteiger charge is 2.43. The van der Waals surface area contributed by atoms with Gasteiger partial charge in [-0.3, -0.25) is 14.1 Å². The Morgan fingerprint density at radius 1 is 0.958 bits per heavy atom. The Morgan fingerprint density at radius 3 is 1.96 bits per heavy atom. The fourth-order valence-electron chi connectivity index (χ4n) is 2.99. The first kappa shape index (κ1) is 18.1. The molecule has 24 heavy (non-hydrogen) atoms. The number of carbonyl (C=O) groups excluding carboxylic acids is 1. The van der Waals surface area contributed by atoms with Crippen LogP contribution in [-0.4, -0.2) is 46.2 Å². The molecule has 0 saturated heterocycles. The Bertz CT molecular complexity index is 765. The van der Waals surface area contributed by atoms with Gasteiger partial charge in [-0.1, -0.05) is 12.1 Å². The molecule has 0 unspecified atom stereocenters. The molecule has 0 amide bonds. The van der Waals surface area contributed by atoms with Crippen molar-refractivity contribution in [3.8, 4) is 0 Å². The molecule has 3 atom stereocenters. The predicted octanol–water partition coefficient (Wildman–Crippen LogP) is 1.32. The van der Waals surface area contributed by atoms with Gasteiger partial charge in [-0.15, -0.1) is 0 Å². The van der Waals surface area contributed by atoms with Crippen LogP contribution in [0.4, 0.5) is 0 Å². The van der Waals surface area contributed by atoms with Gasteiger partial charge in [0.05, 0.1) is 16.7 Å². The first-order valence-electron chi connectivity index (χ1n) is 7.18. The molecule has 1 aliphatic rings. The van der Waals surface area contributed by atoms with Gasteiger partial charge in [0.1, 0.15) is 0 Å². The first-order chi connectivity index (χ1) is 11.1. The summed E-state index contributed by atoms with van der Waals surface area (Å²) in [6.07, 6.45) is -0.264. The lowest BCUT2D eigenvalue weighted by molar-refractivity contribution is -0.143. The summed E-state index contributed by atoms with van der Waals surface area (Å²) in [7, 11) is -4.51. The topological polar surface area (TPSA) is 146 Å². The molecule has 1 aliphatic carbocycles. The minimum Gasteiger partial charge on any atom is -0.481 e. The molecule has 0 aromatic heterocycles. The second-order valence-electron chi connectivity index (χ2n) is 5.75. The maximum atomic E-state index is 12.6. The van der Waals surface area contributed by atoms with Gasteiger partial charge in [0.2, 0.25) is 0 Å². The number of carboxylic acid groups (broad SMARTS) is 2. The third-order valence-corrected chi connectivity index (χ3v) is 5.60. The molecule has 1 fully saturated rings. The van der Waals surface area contributed by atoms with E-state index in [1.807, 2.05) is 0 Å². The minimum atomic E-state index is -4.51. The number of carbonyl (C=O) groups is 3. The van der Waals surface area contributed by atoms with Crippen LogP contribution >= 0.6 is 0 Å². The van der Waals surface area contributed by atoms with Gasteiger partial charge in [0.25, 0.3) is 10.1 Å². The number of hydrogen-bond donors (Lipinski definition) is 3. The molecule has 130 valence electrons. The fraction of sp³-hybridized carbons (Fsp3) is 0.400. The lowest BCUT2D eigenvalue weighted by Gasteiger charge is -2.31. The van der Waals surface area contributed by atoms with Crippen LogP contribution in [0.3, 0.4) is 0 Å². The van der Waals surface area contributed by atoms with E-state index in [1.54, 1.807) is 0 Å². The van der Waals surface area contributed by atoms with Crippen LogP contribution in [0.25, 0.3) is 0 Å². The summed E-state index contributed by atoms with van der Waals surface area (Å²) in [5.41, 5.74) is 0.0367. The van der Waals surface area contributed by atoms with Crippen LogP contribution in [0.1, 0.15) is 40.0 Å². The van der Waals surface area contributed by atoms with Gasteiger partial charge in [-0.05, 0) is 31.4 Å². The fourth-order valence-corrected chi connectivity index (χ4v) is 4.07. The number of rotatable bonds is 5. The van der Waals surface area contributed by atoms with Crippen molar-refractivity contribution in [2.75, 3.05) is 0 Å². The molecular formula is C15H16O8S. The number of aliphatic carboxylic acids is 1. The summed E-state index contributed by atoms with van der Waals surface area (Å²) >= 11 is 0. The summed E-state index contributed by atoms with van der Waals surface area (Å²) in [6, 6.07) is 4.90. The van der Waals surface area contributed by atoms with Crippen LogP contribution in [0.5, 0.6) is 0 Å². The van der Waals surface area contributed by atoms with E-state index < -0.39 is 44.9 Å². The average Bonchev–Trinajstić information content (AvgIpc) is 2.52.